The van der Waals surface area contributed by atoms with Crippen LogP contribution in [0, 0.1) is 0 Å². The molecule has 6 nitrogen and oxygen atoms in total. The first-order valence-corrected chi connectivity index (χ1v) is 5.65. The zero-order valence-corrected chi connectivity index (χ0v) is 10.2. The van der Waals surface area contributed by atoms with E-state index in [1.807, 2.05) is 0 Å². The van der Waals surface area contributed by atoms with Gasteiger partial charge in [-0.05, 0) is 0 Å². The Morgan fingerprint density at radius 3 is 2.65 bits per heavy atom. The predicted octanol–water partition coefficient (Wildman–Crippen LogP) is -0.544. The second-order valence-electron chi connectivity index (χ2n) is 4.56. The van der Waals surface area contributed by atoms with E-state index in [0.29, 0.717) is 0 Å². The fraction of sp³-hybridized carbons (Fsp3) is 0.545. The van der Waals surface area contributed by atoms with Crippen LogP contribution in [0.15, 0.2) is 24.7 Å². The molecule has 1 fully saturated rings. The topological polar surface area (TPSA) is 82.0 Å². The highest BCUT2D eigenvalue weighted by atomic mass is 19.3. The number of ether oxygens (including phenoxy) is 1. The molecule has 0 unspecified atom stereocenters. The van der Waals surface area contributed by atoms with Crippen molar-refractivity contribution in [2.75, 3.05) is 13.3 Å². The summed E-state index contributed by atoms with van der Waals surface area (Å²) in [6.07, 6.45) is -2.69. The van der Waals surface area contributed by atoms with Gasteiger partial charge in [0, 0.05) is 12.3 Å². The highest BCUT2D eigenvalue weighted by molar-refractivity contribution is 5.89. The first-order chi connectivity index (χ1) is 9.28. The van der Waals surface area contributed by atoms with Gasteiger partial charge in [0.15, 0.2) is 11.7 Å². The molecule has 1 saturated heterocycles. The predicted molar refractivity (Wildman–Crippen MR) is 59.9 cm³/mol. The molecule has 0 aromatic rings. The molecule has 0 bridgehead atoms. The average molecular weight is 294 g/mol. The fourth-order valence-corrected chi connectivity index (χ4v) is 2.07. The zero-order valence-electron chi connectivity index (χ0n) is 10.2. The van der Waals surface area contributed by atoms with Gasteiger partial charge in [0.05, 0.1) is 6.61 Å². The molecular formula is C11H13F3N2O4. The molecule has 2 aliphatic heterocycles. The number of nitrogens with one attached hydrogen (secondary N) is 1. The van der Waals surface area contributed by atoms with E-state index in [1.54, 1.807) is 0 Å². The first kappa shape index (κ1) is 14.8. The molecule has 20 heavy (non-hydrogen) atoms. The quantitative estimate of drug-likeness (QED) is 0.651. The van der Waals surface area contributed by atoms with Crippen LogP contribution in [-0.4, -0.2) is 58.2 Å². The monoisotopic (exact) mass is 294 g/mol. The van der Waals surface area contributed by atoms with Gasteiger partial charge in [-0.25, -0.2) is 4.39 Å². The highest BCUT2D eigenvalue weighted by Crippen LogP contribution is 2.44. The zero-order chi connectivity index (χ0) is 15.1. The summed E-state index contributed by atoms with van der Waals surface area (Å²) >= 11 is 0. The Morgan fingerprint density at radius 1 is 1.55 bits per heavy atom. The van der Waals surface area contributed by atoms with Gasteiger partial charge in [0.2, 0.25) is 6.23 Å². The lowest BCUT2D eigenvalue weighted by molar-refractivity contribution is -0.159. The van der Waals surface area contributed by atoms with Crippen molar-refractivity contribution in [3.8, 4) is 0 Å². The van der Waals surface area contributed by atoms with Crippen molar-refractivity contribution in [2.24, 2.45) is 0 Å². The van der Waals surface area contributed by atoms with Gasteiger partial charge in [-0.2, -0.15) is 8.78 Å². The molecule has 0 aromatic heterocycles. The first-order valence-electron chi connectivity index (χ1n) is 5.65. The van der Waals surface area contributed by atoms with Gasteiger partial charge in [-0.15, -0.1) is 0 Å². The van der Waals surface area contributed by atoms with E-state index >= 15 is 0 Å². The minimum atomic E-state index is -3.87. The molecule has 0 radical (unpaired) electrons. The van der Waals surface area contributed by atoms with Crippen molar-refractivity contribution in [2.45, 2.75) is 23.9 Å². The van der Waals surface area contributed by atoms with Crippen LogP contribution in [-0.2, 0) is 9.53 Å². The van der Waals surface area contributed by atoms with Gasteiger partial charge in [0.25, 0.3) is 5.91 Å². The van der Waals surface area contributed by atoms with Crippen molar-refractivity contribution in [3.63, 3.8) is 0 Å². The Labute approximate surface area is 112 Å². The highest BCUT2D eigenvalue weighted by Gasteiger charge is 2.67. The molecule has 2 rings (SSSR count). The molecule has 0 saturated carbocycles. The molecule has 1 amide bonds. The van der Waals surface area contributed by atoms with Crippen molar-refractivity contribution in [1.82, 2.24) is 10.2 Å². The summed E-state index contributed by atoms with van der Waals surface area (Å²) in [4.78, 5) is 11.8. The van der Waals surface area contributed by atoms with Crippen molar-refractivity contribution in [3.05, 3.63) is 24.7 Å². The van der Waals surface area contributed by atoms with Crippen LogP contribution in [0.4, 0.5) is 13.2 Å². The van der Waals surface area contributed by atoms with E-state index in [9.17, 15) is 23.1 Å². The Kier molecular flexibility index (Phi) is 3.53. The number of carbonyl (C=O) groups excluding carboxylic acids is 1. The van der Waals surface area contributed by atoms with Crippen LogP contribution in [0.1, 0.15) is 0 Å². The van der Waals surface area contributed by atoms with E-state index in [2.05, 4.69) is 11.9 Å². The Hall–Kier alpha value is -1.58. The number of amides is 1. The van der Waals surface area contributed by atoms with E-state index in [4.69, 9.17) is 9.84 Å². The number of hydrogen-bond donors (Lipinski definition) is 3. The third kappa shape index (κ3) is 1.98. The number of alkyl halides is 3. The maximum Gasteiger partial charge on any atom is 0.320 e. The van der Waals surface area contributed by atoms with E-state index < -0.39 is 43.0 Å². The summed E-state index contributed by atoms with van der Waals surface area (Å²) in [6, 6.07) is 0. The molecule has 3 atom stereocenters. The lowest BCUT2D eigenvalue weighted by Gasteiger charge is -2.33. The Morgan fingerprint density at radius 2 is 2.20 bits per heavy atom. The molecule has 112 valence electrons. The van der Waals surface area contributed by atoms with Crippen molar-refractivity contribution in [1.29, 1.82) is 0 Å². The smallest absolute Gasteiger partial charge is 0.320 e. The van der Waals surface area contributed by atoms with Gasteiger partial charge < -0.3 is 25.2 Å². The third-order valence-corrected chi connectivity index (χ3v) is 3.25. The SMILES string of the molecule is C=C1NC(=O)C=CN1[C@@H]1O[C@@](CO)(CF)[C@@H](O)C1(F)F. The average Bonchev–Trinajstić information content (AvgIpc) is 2.60. The lowest BCUT2D eigenvalue weighted by atomic mass is 9.97. The van der Waals surface area contributed by atoms with Crippen LogP contribution < -0.4 is 5.32 Å². The summed E-state index contributed by atoms with van der Waals surface area (Å²) in [5.41, 5.74) is -2.41. The lowest BCUT2D eigenvalue weighted by Crippen LogP contribution is -2.52. The van der Waals surface area contributed by atoms with E-state index in [1.165, 1.54) is 0 Å². The number of hydrogen-bond acceptors (Lipinski definition) is 5. The van der Waals surface area contributed by atoms with Gasteiger partial charge >= 0.3 is 5.92 Å². The molecule has 0 aliphatic carbocycles. The summed E-state index contributed by atoms with van der Waals surface area (Å²) in [5.74, 6) is -4.64. The molecule has 0 spiro atoms. The second kappa shape index (κ2) is 4.76. The van der Waals surface area contributed by atoms with E-state index in [0.717, 1.165) is 17.2 Å². The normalized spacial score (nSPS) is 36.4. The number of nitrogens with zero attached hydrogens (tertiary/aromatic N) is 1. The van der Waals surface area contributed by atoms with E-state index in [-0.39, 0.29) is 5.82 Å². The van der Waals surface area contributed by atoms with Gasteiger partial charge in [0.1, 0.15) is 12.5 Å². The number of carbonyl (C=O) groups is 1. The Balaban J connectivity index is 2.35. The maximum absolute atomic E-state index is 14.0. The molecule has 3 N–H and O–H groups in total. The van der Waals surface area contributed by atoms with Crippen molar-refractivity contribution < 1.29 is 32.9 Å². The number of rotatable bonds is 3. The minimum absolute atomic E-state index is 0.207. The summed E-state index contributed by atoms with van der Waals surface area (Å²) in [7, 11) is 0. The van der Waals surface area contributed by atoms with Gasteiger partial charge in [-0.1, -0.05) is 6.58 Å². The fourth-order valence-electron chi connectivity index (χ4n) is 2.07. The molecule has 2 aliphatic rings. The van der Waals surface area contributed by atoms with Crippen LogP contribution in [0.2, 0.25) is 0 Å². The van der Waals surface area contributed by atoms with Crippen LogP contribution in [0.3, 0.4) is 0 Å². The van der Waals surface area contributed by atoms with Crippen LogP contribution in [0.25, 0.3) is 0 Å². The number of aliphatic hydroxyl groups is 2. The molecule has 0 aromatic carbocycles. The molecular weight excluding hydrogens is 281 g/mol. The largest absolute Gasteiger partial charge is 0.393 e. The minimum Gasteiger partial charge on any atom is -0.393 e. The number of halogens is 3. The van der Waals surface area contributed by atoms with Crippen LogP contribution >= 0.6 is 0 Å². The third-order valence-electron chi connectivity index (χ3n) is 3.25. The van der Waals surface area contributed by atoms with Crippen LogP contribution in [0.5, 0.6) is 0 Å². The molecule has 9 heteroatoms. The summed E-state index contributed by atoms with van der Waals surface area (Å²) < 4.78 is 45.9. The van der Waals surface area contributed by atoms with Gasteiger partial charge in [-0.3, -0.25) is 4.79 Å². The second-order valence-corrected chi connectivity index (χ2v) is 4.56. The number of aliphatic hydroxyl groups excluding tert-OH is 2. The summed E-state index contributed by atoms with van der Waals surface area (Å²) in [6.45, 7) is 0.761. The summed E-state index contributed by atoms with van der Waals surface area (Å²) in [5, 5.41) is 20.8. The maximum atomic E-state index is 14.0. The Bertz CT molecular complexity index is 465. The van der Waals surface area contributed by atoms with Crippen molar-refractivity contribution >= 4 is 5.91 Å². The standard InChI is InChI=1S/C11H13F3N2O4/c1-6-15-7(18)2-3-16(6)9-11(13,14)8(19)10(4-12,5-17)20-9/h2-3,8-9,17,19H,1,4-5H2,(H,15,18)/t8-,9-,10-/m1/s1. The molecule has 2 heterocycles.